The second-order valence-electron chi connectivity index (χ2n) is 3.31. The number of oxime groups is 1. The summed E-state index contributed by atoms with van der Waals surface area (Å²) in [5, 5.41) is 6.81. The van der Waals surface area contributed by atoms with Crippen LogP contribution < -0.4 is 5.32 Å². The van der Waals surface area contributed by atoms with Crippen LogP contribution in [0.1, 0.15) is 32.6 Å². The zero-order valence-corrected chi connectivity index (χ0v) is 8.17. The third kappa shape index (κ3) is 3.44. The highest BCUT2D eigenvalue weighted by Crippen LogP contribution is 2.16. The van der Waals surface area contributed by atoms with Gasteiger partial charge in [0, 0.05) is 13.0 Å². The summed E-state index contributed by atoms with van der Waals surface area (Å²) in [4.78, 5) is 15.5. The van der Waals surface area contributed by atoms with Crippen molar-refractivity contribution in [3.05, 3.63) is 0 Å². The lowest BCUT2D eigenvalue weighted by atomic mass is 9.94. The summed E-state index contributed by atoms with van der Waals surface area (Å²) >= 11 is 0. The number of nitrogens with zero attached hydrogens (tertiary/aromatic N) is 1. The van der Waals surface area contributed by atoms with Crippen LogP contribution in [0.3, 0.4) is 0 Å². The molecule has 1 N–H and O–H groups in total. The molecule has 4 nitrogen and oxygen atoms in total. The highest BCUT2D eigenvalue weighted by Gasteiger charge is 2.18. The van der Waals surface area contributed by atoms with Crippen molar-refractivity contribution in [3.63, 3.8) is 0 Å². The lowest BCUT2D eigenvalue weighted by Gasteiger charge is -2.22. The lowest BCUT2D eigenvalue weighted by Crippen LogP contribution is -2.36. The second-order valence-corrected chi connectivity index (χ2v) is 3.31. The number of rotatable bonds is 2. The van der Waals surface area contributed by atoms with Crippen LogP contribution >= 0.6 is 0 Å². The van der Waals surface area contributed by atoms with Gasteiger partial charge in [0.1, 0.15) is 7.11 Å². The van der Waals surface area contributed by atoms with Crippen molar-refractivity contribution in [2.75, 3.05) is 7.11 Å². The van der Waals surface area contributed by atoms with Crippen LogP contribution in [0.2, 0.25) is 0 Å². The fourth-order valence-electron chi connectivity index (χ4n) is 1.60. The Hall–Kier alpha value is -1.06. The summed E-state index contributed by atoms with van der Waals surface area (Å²) < 4.78 is 0. The summed E-state index contributed by atoms with van der Waals surface area (Å²) in [5.74, 6) is 0.0529. The Labute approximate surface area is 78.3 Å². The van der Waals surface area contributed by atoms with Crippen molar-refractivity contribution in [1.82, 2.24) is 5.32 Å². The van der Waals surface area contributed by atoms with E-state index in [1.165, 1.54) is 0 Å². The molecule has 1 aliphatic carbocycles. The number of carbonyl (C=O) groups excluding carboxylic acids is 1. The van der Waals surface area contributed by atoms with E-state index in [2.05, 4.69) is 10.5 Å². The van der Waals surface area contributed by atoms with Gasteiger partial charge in [-0.05, 0) is 25.7 Å². The maximum Gasteiger partial charge on any atom is 0.217 e. The van der Waals surface area contributed by atoms with Gasteiger partial charge >= 0.3 is 0 Å². The standard InChI is InChI=1S/C9H16N2O2/c1-7(12)10-8-3-5-9(6-4-8)11-13-2/h8H,3-6H2,1-2H3,(H,10,12). The predicted molar refractivity (Wildman–Crippen MR) is 50.5 cm³/mol. The molecule has 0 aromatic rings. The highest BCUT2D eigenvalue weighted by molar-refractivity contribution is 5.85. The zero-order chi connectivity index (χ0) is 9.68. The topological polar surface area (TPSA) is 50.7 Å². The molecule has 0 spiro atoms. The summed E-state index contributed by atoms with van der Waals surface area (Å²) in [5.41, 5.74) is 1.10. The largest absolute Gasteiger partial charge is 0.399 e. The average molecular weight is 184 g/mol. The third-order valence-electron chi connectivity index (χ3n) is 2.19. The smallest absolute Gasteiger partial charge is 0.217 e. The van der Waals surface area contributed by atoms with E-state index < -0.39 is 0 Å². The van der Waals surface area contributed by atoms with Crippen LogP contribution in [0, 0.1) is 0 Å². The van der Waals surface area contributed by atoms with Gasteiger partial charge in [0.2, 0.25) is 5.91 Å². The molecule has 1 saturated carbocycles. The first-order valence-electron chi connectivity index (χ1n) is 4.58. The first-order chi connectivity index (χ1) is 6.22. The lowest BCUT2D eigenvalue weighted by molar-refractivity contribution is -0.119. The van der Waals surface area contributed by atoms with Gasteiger partial charge in [-0.2, -0.15) is 0 Å². The van der Waals surface area contributed by atoms with Crippen molar-refractivity contribution in [1.29, 1.82) is 0 Å². The highest BCUT2D eigenvalue weighted by atomic mass is 16.6. The number of hydrogen-bond donors (Lipinski definition) is 1. The van der Waals surface area contributed by atoms with E-state index in [0.717, 1.165) is 31.4 Å². The van der Waals surface area contributed by atoms with Crippen LogP contribution in [-0.2, 0) is 9.63 Å². The summed E-state index contributed by atoms with van der Waals surface area (Å²) in [7, 11) is 1.56. The second kappa shape index (κ2) is 4.84. The Morgan fingerprint density at radius 3 is 2.62 bits per heavy atom. The molecular formula is C9H16N2O2. The minimum Gasteiger partial charge on any atom is -0.399 e. The SMILES string of the molecule is CON=C1CCC(NC(C)=O)CC1. The molecule has 0 heterocycles. The van der Waals surface area contributed by atoms with Crippen LogP contribution in [-0.4, -0.2) is 24.8 Å². The van der Waals surface area contributed by atoms with Crippen molar-refractivity contribution >= 4 is 11.6 Å². The minimum absolute atomic E-state index is 0.0529. The van der Waals surface area contributed by atoms with Gasteiger partial charge < -0.3 is 10.2 Å². The number of carbonyl (C=O) groups is 1. The molecule has 1 aliphatic rings. The molecule has 0 radical (unpaired) electrons. The molecule has 1 fully saturated rings. The van der Waals surface area contributed by atoms with Gasteiger partial charge in [0.15, 0.2) is 0 Å². The molecule has 0 aromatic heterocycles. The summed E-state index contributed by atoms with van der Waals surface area (Å²) in [6, 6.07) is 0.327. The molecule has 0 atom stereocenters. The Balaban J connectivity index is 2.30. The van der Waals surface area contributed by atoms with Crippen LogP contribution in [0.25, 0.3) is 0 Å². The van der Waals surface area contributed by atoms with Crippen molar-refractivity contribution in [2.24, 2.45) is 5.16 Å². The molecule has 74 valence electrons. The molecule has 4 heteroatoms. The minimum atomic E-state index is 0.0529. The quantitative estimate of drug-likeness (QED) is 0.652. The molecule has 0 aromatic carbocycles. The number of amides is 1. The Kier molecular flexibility index (Phi) is 3.73. The molecule has 0 bridgehead atoms. The Bertz CT molecular complexity index is 204. The predicted octanol–water partition coefficient (Wildman–Crippen LogP) is 1.07. The van der Waals surface area contributed by atoms with Crippen molar-refractivity contribution in [2.45, 2.75) is 38.6 Å². The monoisotopic (exact) mass is 184 g/mol. The molecule has 0 unspecified atom stereocenters. The van der Waals surface area contributed by atoms with E-state index in [9.17, 15) is 4.79 Å². The van der Waals surface area contributed by atoms with Gasteiger partial charge in [-0.3, -0.25) is 4.79 Å². The number of nitrogens with one attached hydrogen (secondary N) is 1. The molecule has 0 saturated heterocycles. The maximum atomic E-state index is 10.8. The van der Waals surface area contributed by atoms with E-state index in [1.54, 1.807) is 14.0 Å². The van der Waals surface area contributed by atoms with E-state index >= 15 is 0 Å². The zero-order valence-electron chi connectivity index (χ0n) is 8.17. The fourth-order valence-corrected chi connectivity index (χ4v) is 1.60. The van der Waals surface area contributed by atoms with E-state index in [1.807, 2.05) is 0 Å². The first kappa shape index (κ1) is 10.0. The molecule has 1 amide bonds. The summed E-state index contributed by atoms with van der Waals surface area (Å²) in [6.07, 6.45) is 3.81. The molecule has 13 heavy (non-hydrogen) atoms. The van der Waals surface area contributed by atoms with Gasteiger partial charge in [-0.15, -0.1) is 0 Å². The van der Waals surface area contributed by atoms with E-state index in [0.29, 0.717) is 6.04 Å². The van der Waals surface area contributed by atoms with E-state index in [-0.39, 0.29) is 5.91 Å². The fraction of sp³-hybridized carbons (Fsp3) is 0.778. The Morgan fingerprint density at radius 1 is 1.54 bits per heavy atom. The molecule has 1 rings (SSSR count). The molecule has 0 aliphatic heterocycles. The normalized spacial score (nSPS) is 22.3. The van der Waals surface area contributed by atoms with Crippen LogP contribution in [0.4, 0.5) is 0 Å². The van der Waals surface area contributed by atoms with Gasteiger partial charge in [-0.1, -0.05) is 5.16 Å². The van der Waals surface area contributed by atoms with E-state index in [4.69, 9.17) is 4.84 Å². The maximum absolute atomic E-state index is 10.8. The summed E-state index contributed by atoms with van der Waals surface area (Å²) in [6.45, 7) is 1.55. The first-order valence-corrected chi connectivity index (χ1v) is 4.58. The van der Waals surface area contributed by atoms with Crippen molar-refractivity contribution < 1.29 is 9.63 Å². The third-order valence-corrected chi connectivity index (χ3v) is 2.19. The molecular weight excluding hydrogens is 168 g/mol. The number of hydrogen-bond acceptors (Lipinski definition) is 3. The van der Waals surface area contributed by atoms with Crippen LogP contribution in [0.5, 0.6) is 0 Å². The average Bonchev–Trinajstić information content (AvgIpc) is 2.08. The van der Waals surface area contributed by atoms with Gasteiger partial charge in [0.05, 0.1) is 5.71 Å². The van der Waals surface area contributed by atoms with Crippen LogP contribution in [0.15, 0.2) is 5.16 Å². The Morgan fingerprint density at radius 2 is 2.15 bits per heavy atom. The van der Waals surface area contributed by atoms with Gasteiger partial charge in [-0.25, -0.2) is 0 Å². The van der Waals surface area contributed by atoms with Crippen molar-refractivity contribution in [3.8, 4) is 0 Å². The van der Waals surface area contributed by atoms with Gasteiger partial charge in [0.25, 0.3) is 0 Å².